The van der Waals surface area contributed by atoms with Crippen LogP contribution in [0, 0.1) is 0 Å². The van der Waals surface area contributed by atoms with Crippen LogP contribution in [0.4, 0.5) is 0 Å². The zero-order chi connectivity index (χ0) is 15.8. The molecular weight excluding hydrogens is 280 g/mol. The highest BCUT2D eigenvalue weighted by Gasteiger charge is 2.22. The summed E-state index contributed by atoms with van der Waals surface area (Å²) in [6.07, 6.45) is 2.74. The number of ether oxygens (including phenoxy) is 2. The molecule has 0 saturated carbocycles. The van der Waals surface area contributed by atoms with Gasteiger partial charge in [0.15, 0.2) is 5.78 Å². The lowest BCUT2D eigenvalue weighted by Crippen LogP contribution is -2.15. The fourth-order valence-electron chi connectivity index (χ4n) is 2.51. The van der Waals surface area contributed by atoms with E-state index >= 15 is 0 Å². The molecule has 2 rings (SSSR count). The molecule has 1 aromatic carbocycles. The molecule has 0 spiro atoms. The van der Waals surface area contributed by atoms with Crippen LogP contribution in [0.1, 0.15) is 44.6 Å². The SMILES string of the molecule is CCOC(=O)CCC1=C(OCc2ccccc2)CCCC1=O. The highest BCUT2D eigenvalue weighted by atomic mass is 16.5. The van der Waals surface area contributed by atoms with Crippen molar-refractivity contribution >= 4 is 11.8 Å². The minimum atomic E-state index is -0.268. The molecule has 1 aromatic rings. The van der Waals surface area contributed by atoms with E-state index in [4.69, 9.17) is 9.47 Å². The van der Waals surface area contributed by atoms with Gasteiger partial charge in [-0.15, -0.1) is 0 Å². The summed E-state index contributed by atoms with van der Waals surface area (Å²) in [5.74, 6) is 0.568. The summed E-state index contributed by atoms with van der Waals surface area (Å²) in [6, 6.07) is 9.85. The normalized spacial score (nSPS) is 14.9. The quantitative estimate of drug-likeness (QED) is 0.723. The van der Waals surface area contributed by atoms with Crippen LogP contribution < -0.4 is 0 Å². The number of ketones is 1. The fraction of sp³-hybridized carbons (Fsp3) is 0.444. The van der Waals surface area contributed by atoms with Crippen molar-refractivity contribution < 1.29 is 19.1 Å². The minimum absolute atomic E-state index is 0.0959. The van der Waals surface area contributed by atoms with Crippen LogP contribution in [0.25, 0.3) is 0 Å². The molecule has 0 fully saturated rings. The van der Waals surface area contributed by atoms with Gasteiger partial charge < -0.3 is 9.47 Å². The number of esters is 1. The lowest BCUT2D eigenvalue weighted by Gasteiger charge is -2.20. The Hall–Kier alpha value is -2.10. The van der Waals surface area contributed by atoms with Crippen LogP contribution in [0.3, 0.4) is 0 Å². The molecule has 0 amide bonds. The summed E-state index contributed by atoms with van der Waals surface area (Å²) in [5.41, 5.74) is 1.73. The van der Waals surface area contributed by atoms with Crippen molar-refractivity contribution in [1.82, 2.24) is 0 Å². The van der Waals surface area contributed by atoms with Crippen LogP contribution in [0.2, 0.25) is 0 Å². The molecular formula is C18H22O4. The first kappa shape index (κ1) is 16.3. The van der Waals surface area contributed by atoms with Gasteiger partial charge in [-0.3, -0.25) is 9.59 Å². The van der Waals surface area contributed by atoms with Gasteiger partial charge in [0, 0.05) is 24.8 Å². The molecule has 0 radical (unpaired) electrons. The molecule has 1 aliphatic rings. The average molecular weight is 302 g/mol. The summed E-state index contributed by atoms with van der Waals surface area (Å²) in [6.45, 7) is 2.59. The molecule has 0 unspecified atom stereocenters. The number of Topliss-reactive ketones (excluding diaryl/α,β-unsaturated/α-hetero) is 1. The summed E-state index contributed by atoms with van der Waals surface area (Å²) in [7, 11) is 0. The number of allylic oxidation sites excluding steroid dienone is 2. The first-order valence-electron chi connectivity index (χ1n) is 7.78. The summed E-state index contributed by atoms with van der Waals surface area (Å²) in [4.78, 5) is 23.6. The lowest BCUT2D eigenvalue weighted by atomic mass is 9.93. The van der Waals surface area contributed by atoms with Crippen LogP contribution in [0.5, 0.6) is 0 Å². The Bertz CT molecular complexity index is 545. The Morgan fingerprint density at radius 3 is 2.68 bits per heavy atom. The molecule has 1 aliphatic carbocycles. The topological polar surface area (TPSA) is 52.6 Å². The van der Waals surface area contributed by atoms with Gasteiger partial charge in [0.05, 0.1) is 6.61 Å². The van der Waals surface area contributed by atoms with E-state index in [0.717, 1.165) is 24.2 Å². The monoisotopic (exact) mass is 302 g/mol. The van der Waals surface area contributed by atoms with Crippen molar-refractivity contribution in [3.8, 4) is 0 Å². The number of hydrogen-bond acceptors (Lipinski definition) is 4. The van der Waals surface area contributed by atoms with E-state index in [1.807, 2.05) is 30.3 Å². The van der Waals surface area contributed by atoms with Crippen molar-refractivity contribution in [3.63, 3.8) is 0 Å². The third-order valence-corrected chi connectivity index (χ3v) is 3.62. The molecule has 0 atom stereocenters. The van der Waals surface area contributed by atoms with E-state index in [1.54, 1.807) is 6.92 Å². The largest absolute Gasteiger partial charge is 0.493 e. The Morgan fingerprint density at radius 1 is 1.18 bits per heavy atom. The fourth-order valence-corrected chi connectivity index (χ4v) is 2.51. The van der Waals surface area contributed by atoms with E-state index in [1.165, 1.54) is 0 Å². The Labute approximate surface area is 131 Å². The summed E-state index contributed by atoms with van der Waals surface area (Å²) in [5, 5.41) is 0. The van der Waals surface area contributed by atoms with Crippen molar-refractivity contribution in [1.29, 1.82) is 0 Å². The number of carbonyl (C=O) groups is 2. The maximum absolute atomic E-state index is 12.1. The first-order valence-corrected chi connectivity index (χ1v) is 7.78. The standard InChI is InChI=1S/C18H22O4/c1-2-21-18(20)12-11-15-16(19)9-6-10-17(15)22-13-14-7-4-3-5-8-14/h3-5,7-8H,2,6,9-13H2,1H3. The second-order valence-electron chi connectivity index (χ2n) is 5.26. The van der Waals surface area contributed by atoms with Crippen LogP contribution >= 0.6 is 0 Å². The molecule has 22 heavy (non-hydrogen) atoms. The molecule has 0 bridgehead atoms. The Kier molecular flexibility index (Phi) is 6.19. The molecule has 0 aromatic heterocycles. The van der Waals surface area contributed by atoms with Gasteiger partial charge in [-0.05, 0) is 25.3 Å². The molecule has 4 heteroatoms. The van der Waals surface area contributed by atoms with E-state index in [9.17, 15) is 9.59 Å². The Morgan fingerprint density at radius 2 is 1.95 bits per heavy atom. The van der Waals surface area contributed by atoms with Gasteiger partial charge in [0.1, 0.15) is 12.4 Å². The predicted molar refractivity (Wildman–Crippen MR) is 83.0 cm³/mol. The lowest BCUT2D eigenvalue weighted by molar-refractivity contribution is -0.143. The third kappa shape index (κ3) is 4.72. The van der Waals surface area contributed by atoms with E-state index in [-0.39, 0.29) is 18.2 Å². The van der Waals surface area contributed by atoms with Gasteiger partial charge in [-0.2, -0.15) is 0 Å². The van der Waals surface area contributed by atoms with Gasteiger partial charge in [0.25, 0.3) is 0 Å². The zero-order valence-corrected chi connectivity index (χ0v) is 13.0. The number of rotatable bonds is 7. The van der Waals surface area contributed by atoms with Crippen molar-refractivity contribution in [3.05, 3.63) is 47.2 Å². The van der Waals surface area contributed by atoms with E-state index < -0.39 is 0 Å². The molecule has 0 N–H and O–H groups in total. The molecule has 0 aliphatic heterocycles. The smallest absolute Gasteiger partial charge is 0.306 e. The summed E-state index contributed by atoms with van der Waals surface area (Å²) < 4.78 is 10.8. The number of hydrogen-bond donors (Lipinski definition) is 0. The van der Waals surface area contributed by atoms with Gasteiger partial charge >= 0.3 is 5.97 Å². The van der Waals surface area contributed by atoms with Gasteiger partial charge in [-0.25, -0.2) is 0 Å². The first-order chi connectivity index (χ1) is 10.7. The molecule has 118 valence electrons. The third-order valence-electron chi connectivity index (χ3n) is 3.62. The molecule has 0 saturated heterocycles. The number of benzene rings is 1. The van der Waals surface area contributed by atoms with Crippen molar-refractivity contribution in [2.45, 2.75) is 45.6 Å². The highest BCUT2D eigenvalue weighted by Crippen LogP contribution is 2.27. The second-order valence-corrected chi connectivity index (χ2v) is 5.26. The second kappa shape index (κ2) is 8.37. The maximum atomic E-state index is 12.1. The van der Waals surface area contributed by atoms with Crippen LogP contribution in [-0.2, 0) is 25.7 Å². The predicted octanol–water partition coefficient (Wildman–Crippen LogP) is 3.55. The maximum Gasteiger partial charge on any atom is 0.306 e. The van der Waals surface area contributed by atoms with Crippen LogP contribution in [-0.4, -0.2) is 18.4 Å². The van der Waals surface area contributed by atoms with Gasteiger partial charge in [-0.1, -0.05) is 30.3 Å². The highest BCUT2D eigenvalue weighted by molar-refractivity contribution is 5.97. The van der Waals surface area contributed by atoms with Crippen LogP contribution in [0.15, 0.2) is 41.7 Å². The van der Waals surface area contributed by atoms with Crippen molar-refractivity contribution in [2.75, 3.05) is 6.61 Å². The Balaban J connectivity index is 2.00. The molecule has 0 heterocycles. The van der Waals surface area contributed by atoms with E-state index in [0.29, 0.717) is 31.6 Å². The number of carbonyl (C=O) groups excluding carboxylic acids is 2. The molecule has 4 nitrogen and oxygen atoms in total. The van der Waals surface area contributed by atoms with Gasteiger partial charge in [0.2, 0.25) is 0 Å². The van der Waals surface area contributed by atoms with E-state index in [2.05, 4.69) is 0 Å². The minimum Gasteiger partial charge on any atom is -0.493 e. The average Bonchev–Trinajstić information content (AvgIpc) is 2.53. The van der Waals surface area contributed by atoms with Crippen molar-refractivity contribution in [2.24, 2.45) is 0 Å². The zero-order valence-electron chi connectivity index (χ0n) is 13.0. The summed E-state index contributed by atoms with van der Waals surface area (Å²) >= 11 is 0.